The predicted octanol–water partition coefficient (Wildman–Crippen LogP) is -0.319. The first-order chi connectivity index (χ1) is 10.1. The third kappa shape index (κ3) is 2.85. The van der Waals surface area contributed by atoms with E-state index in [-0.39, 0.29) is 12.1 Å². The van der Waals surface area contributed by atoms with Crippen LogP contribution in [0.2, 0.25) is 0 Å². The van der Waals surface area contributed by atoms with Gasteiger partial charge in [-0.1, -0.05) is 0 Å². The summed E-state index contributed by atoms with van der Waals surface area (Å²) in [6.07, 6.45) is 3.94. The van der Waals surface area contributed by atoms with Crippen LogP contribution < -0.4 is 5.73 Å². The molecule has 2 aliphatic heterocycles. The third-order valence-electron chi connectivity index (χ3n) is 3.98. The van der Waals surface area contributed by atoms with Gasteiger partial charge in [-0.3, -0.25) is 9.48 Å². The largest absolute Gasteiger partial charge is 0.378 e. The van der Waals surface area contributed by atoms with Gasteiger partial charge in [0.25, 0.3) is 5.91 Å². The molecule has 0 aromatic carbocycles. The molecule has 2 fully saturated rings. The number of nitrogens with two attached hydrogens (primary N) is 1. The number of hydrogen-bond acceptors (Lipinski definition) is 4. The number of morpholine rings is 1. The molecule has 1 atom stereocenters. The summed E-state index contributed by atoms with van der Waals surface area (Å²) < 4.78 is 6.99. The fourth-order valence-corrected chi connectivity index (χ4v) is 2.75. The van der Waals surface area contributed by atoms with E-state index in [4.69, 9.17) is 10.5 Å². The van der Waals surface area contributed by atoms with Crippen LogP contribution in [0.3, 0.4) is 0 Å². The third-order valence-corrected chi connectivity index (χ3v) is 3.98. The second-order valence-electron chi connectivity index (χ2n) is 5.34. The number of primary amides is 1. The normalized spacial score (nSPS) is 22.6. The van der Waals surface area contributed by atoms with E-state index in [0.29, 0.717) is 45.0 Å². The van der Waals surface area contributed by atoms with Crippen LogP contribution in [-0.2, 0) is 4.74 Å². The second kappa shape index (κ2) is 5.72. The molecule has 21 heavy (non-hydrogen) atoms. The molecule has 1 aromatic rings. The predicted molar refractivity (Wildman–Crippen MR) is 73.8 cm³/mol. The average molecular weight is 293 g/mol. The van der Waals surface area contributed by atoms with Gasteiger partial charge in [0.15, 0.2) is 0 Å². The zero-order valence-electron chi connectivity index (χ0n) is 11.8. The van der Waals surface area contributed by atoms with Crippen LogP contribution in [0.5, 0.6) is 0 Å². The molecule has 3 amide bonds. The zero-order chi connectivity index (χ0) is 14.8. The Labute approximate surface area is 122 Å². The Morgan fingerprint density at radius 1 is 1.24 bits per heavy atom. The number of rotatable bonds is 2. The topological polar surface area (TPSA) is 93.7 Å². The molecule has 1 unspecified atom stereocenters. The number of carbonyl (C=O) groups is 2. The SMILES string of the molecule is NC(=O)c1cnn(C2CCN(C(=O)N3CCOCC3)C2)c1. The van der Waals surface area contributed by atoms with Crippen LogP contribution >= 0.6 is 0 Å². The van der Waals surface area contributed by atoms with Crippen molar-refractivity contribution < 1.29 is 14.3 Å². The summed E-state index contributed by atoms with van der Waals surface area (Å²) in [6, 6.07) is 0.158. The van der Waals surface area contributed by atoms with Gasteiger partial charge >= 0.3 is 6.03 Å². The molecule has 8 nitrogen and oxygen atoms in total. The summed E-state index contributed by atoms with van der Waals surface area (Å²) in [5.74, 6) is -0.486. The molecule has 114 valence electrons. The van der Waals surface area contributed by atoms with E-state index in [0.717, 1.165) is 6.42 Å². The van der Waals surface area contributed by atoms with Gasteiger partial charge in [-0.2, -0.15) is 5.10 Å². The molecular formula is C13H19N5O3. The van der Waals surface area contributed by atoms with Crippen LogP contribution in [-0.4, -0.2) is 70.9 Å². The maximum absolute atomic E-state index is 12.4. The Kier molecular flexibility index (Phi) is 3.78. The second-order valence-corrected chi connectivity index (χ2v) is 5.34. The van der Waals surface area contributed by atoms with E-state index in [1.54, 1.807) is 10.9 Å². The molecule has 0 saturated carbocycles. The number of urea groups is 1. The first-order valence-corrected chi connectivity index (χ1v) is 7.10. The minimum atomic E-state index is -0.486. The van der Waals surface area contributed by atoms with Crippen molar-refractivity contribution in [2.45, 2.75) is 12.5 Å². The maximum Gasteiger partial charge on any atom is 0.320 e. The van der Waals surface area contributed by atoms with E-state index in [1.165, 1.54) is 6.20 Å². The molecule has 0 radical (unpaired) electrons. The van der Waals surface area contributed by atoms with Gasteiger partial charge in [0, 0.05) is 32.4 Å². The van der Waals surface area contributed by atoms with E-state index in [2.05, 4.69) is 5.10 Å². The summed E-state index contributed by atoms with van der Waals surface area (Å²) in [5, 5.41) is 4.17. The van der Waals surface area contributed by atoms with Gasteiger partial charge in [0.2, 0.25) is 0 Å². The highest BCUT2D eigenvalue weighted by Crippen LogP contribution is 2.22. The van der Waals surface area contributed by atoms with E-state index < -0.39 is 5.91 Å². The van der Waals surface area contributed by atoms with Crippen molar-refractivity contribution >= 4 is 11.9 Å². The van der Waals surface area contributed by atoms with Crippen LogP contribution in [0.1, 0.15) is 22.8 Å². The molecule has 2 N–H and O–H groups in total. The van der Waals surface area contributed by atoms with Gasteiger partial charge in [-0.05, 0) is 6.42 Å². The Bertz CT molecular complexity index is 538. The van der Waals surface area contributed by atoms with Gasteiger partial charge < -0.3 is 20.3 Å². The van der Waals surface area contributed by atoms with E-state index in [1.807, 2.05) is 9.80 Å². The molecule has 0 bridgehead atoms. The summed E-state index contributed by atoms with van der Waals surface area (Å²) >= 11 is 0. The van der Waals surface area contributed by atoms with Gasteiger partial charge in [-0.15, -0.1) is 0 Å². The maximum atomic E-state index is 12.4. The molecule has 0 aliphatic carbocycles. The van der Waals surface area contributed by atoms with Crippen molar-refractivity contribution in [2.24, 2.45) is 5.73 Å². The van der Waals surface area contributed by atoms with Crippen molar-refractivity contribution in [3.05, 3.63) is 18.0 Å². The zero-order valence-corrected chi connectivity index (χ0v) is 11.8. The summed E-state index contributed by atoms with van der Waals surface area (Å²) in [5.41, 5.74) is 5.62. The molecule has 2 aliphatic rings. The molecule has 2 saturated heterocycles. The highest BCUT2D eigenvalue weighted by Gasteiger charge is 2.31. The number of ether oxygens (including phenoxy) is 1. The van der Waals surface area contributed by atoms with E-state index in [9.17, 15) is 9.59 Å². The molecule has 1 aromatic heterocycles. The van der Waals surface area contributed by atoms with Crippen molar-refractivity contribution in [1.82, 2.24) is 19.6 Å². The lowest BCUT2D eigenvalue weighted by molar-refractivity contribution is 0.0449. The molecule has 8 heteroatoms. The minimum absolute atomic E-state index is 0.0584. The number of nitrogens with zero attached hydrogens (tertiary/aromatic N) is 4. The first-order valence-electron chi connectivity index (χ1n) is 7.10. The van der Waals surface area contributed by atoms with Gasteiger partial charge in [-0.25, -0.2) is 4.79 Å². The van der Waals surface area contributed by atoms with Crippen LogP contribution in [0, 0.1) is 0 Å². The van der Waals surface area contributed by atoms with E-state index >= 15 is 0 Å². The number of carbonyl (C=O) groups excluding carboxylic acids is 2. The standard InChI is InChI=1S/C13H19N5O3/c14-12(19)10-7-15-18(8-10)11-1-2-17(9-11)13(20)16-3-5-21-6-4-16/h7-8,11H,1-6,9H2,(H2,14,19). The molecular weight excluding hydrogens is 274 g/mol. The lowest BCUT2D eigenvalue weighted by Crippen LogP contribution is -2.47. The van der Waals surface area contributed by atoms with Crippen molar-refractivity contribution in [3.63, 3.8) is 0 Å². The van der Waals surface area contributed by atoms with Crippen LogP contribution in [0.4, 0.5) is 4.79 Å². The summed E-state index contributed by atoms with van der Waals surface area (Å²) in [7, 11) is 0. The molecule has 0 spiro atoms. The quantitative estimate of drug-likeness (QED) is 0.808. The lowest BCUT2D eigenvalue weighted by atomic mass is 10.3. The smallest absolute Gasteiger partial charge is 0.320 e. The summed E-state index contributed by atoms with van der Waals surface area (Å²) in [4.78, 5) is 27.1. The van der Waals surface area contributed by atoms with Crippen LogP contribution in [0.15, 0.2) is 12.4 Å². The fraction of sp³-hybridized carbons (Fsp3) is 0.615. The minimum Gasteiger partial charge on any atom is -0.378 e. The number of aromatic nitrogens is 2. The van der Waals surface area contributed by atoms with Crippen molar-refractivity contribution in [1.29, 1.82) is 0 Å². The van der Waals surface area contributed by atoms with Gasteiger partial charge in [0.1, 0.15) is 0 Å². The van der Waals surface area contributed by atoms with Crippen molar-refractivity contribution in [2.75, 3.05) is 39.4 Å². The number of amides is 3. The average Bonchev–Trinajstić information content (AvgIpc) is 3.16. The van der Waals surface area contributed by atoms with Crippen molar-refractivity contribution in [3.8, 4) is 0 Å². The Balaban J connectivity index is 1.61. The van der Waals surface area contributed by atoms with Crippen LogP contribution in [0.25, 0.3) is 0 Å². The fourth-order valence-electron chi connectivity index (χ4n) is 2.75. The van der Waals surface area contributed by atoms with Gasteiger partial charge in [0.05, 0.1) is 31.0 Å². The monoisotopic (exact) mass is 293 g/mol. The highest BCUT2D eigenvalue weighted by atomic mass is 16.5. The summed E-state index contributed by atoms with van der Waals surface area (Å²) in [6.45, 7) is 3.80. The Morgan fingerprint density at radius 3 is 2.67 bits per heavy atom. The highest BCUT2D eigenvalue weighted by molar-refractivity contribution is 5.92. The molecule has 3 rings (SSSR count). The Morgan fingerprint density at radius 2 is 2.00 bits per heavy atom. The molecule has 3 heterocycles. The lowest BCUT2D eigenvalue weighted by Gasteiger charge is -2.30. The Hall–Kier alpha value is -2.09. The number of hydrogen-bond donors (Lipinski definition) is 1. The number of likely N-dealkylation sites (tertiary alicyclic amines) is 1. The first kappa shape index (κ1) is 13.9.